The Morgan fingerprint density at radius 2 is 1.80 bits per heavy atom. The van der Waals surface area contributed by atoms with Crippen molar-refractivity contribution in [3.63, 3.8) is 0 Å². The van der Waals surface area contributed by atoms with Crippen LogP contribution in [0.2, 0.25) is 0 Å². The molecule has 2 N–H and O–H groups in total. The highest BCUT2D eigenvalue weighted by atomic mass is 16.5. The molecule has 2 atom stereocenters. The molecule has 0 saturated heterocycles. The number of amides is 2. The lowest BCUT2D eigenvalue weighted by molar-refractivity contribution is -0.126. The summed E-state index contributed by atoms with van der Waals surface area (Å²) in [5.41, 5.74) is 1.16. The summed E-state index contributed by atoms with van der Waals surface area (Å²) in [7, 11) is 1.65. The third-order valence-corrected chi connectivity index (χ3v) is 5.35. The van der Waals surface area contributed by atoms with Gasteiger partial charge in [0.25, 0.3) is 0 Å². The minimum absolute atomic E-state index is 0.0427. The normalized spacial score (nSPS) is 22.9. The van der Waals surface area contributed by atoms with E-state index in [4.69, 9.17) is 4.74 Å². The van der Waals surface area contributed by atoms with Crippen LogP contribution in [0.3, 0.4) is 0 Å². The van der Waals surface area contributed by atoms with Gasteiger partial charge in [-0.3, -0.25) is 9.59 Å². The van der Waals surface area contributed by atoms with Crippen LogP contribution >= 0.6 is 0 Å². The van der Waals surface area contributed by atoms with E-state index in [0.717, 1.165) is 43.4 Å². The summed E-state index contributed by atoms with van der Waals surface area (Å²) in [4.78, 5) is 24.3. The first kappa shape index (κ1) is 17.8. The van der Waals surface area contributed by atoms with E-state index in [1.807, 2.05) is 24.3 Å². The second kappa shape index (κ2) is 8.37. The molecule has 25 heavy (non-hydrogen) atoms. The van der Waals surface area contributed by atoms with Crippen molar-refractivity contribution in [1.29, 1.82) is 0 Å². The van der Waals surface area contributed by atoms with Crippen molar-refractivity contribution in [3.05, 3.63) is 29.8 Å². The molecule has 0 heterocycles. The van der Waals surface area contributed by atoms with E-state index < -0.39 is 0 Å². The molecule has 1 aromatic carbocycles. The maximum Gasteiger partial charge on any atom is 0.223 e. The molecule has 0 aromatic heterocycles. The number of hydrogen-bond acceptors (Lipinski definition) is 3. The predicted octanol–water partition coefficient (Wildman–Crippen LogP) is 2.61. The smallest absolute Gasteiger partial charge is 0.223 e. The van der Waals surface area contributed by atoms with Crippen LogP contribution in [0.15, 0.2) is 24.3 Å². The Hall–Kier alpha value is -2.04. The van der Waals surface area contributed by atoms with Crippen molar-refractivity contribution in [2.75, 3.05) is 20.2 Å². The van der Waals surface area contributed by atoms with Gasteiger partial charge in [0.1, 0.15) is 5.75 Å². The molecule has 3 rings (SSSR count). The standard InChI is InChI=1S/C20H28N2O3/c1-25-16-9-5-8-15(12-16)17-13-18(17)20(24)22-11-10-21-19(23)14-6-3-2-4-7-14/h5,8-9,12,14,17-18H,2-4,6-7,10-11,13H2,1H3,(H,21,23)(H,22,24)/t17-,18-/m0/s1. The number of carbonyl (C=O) groups excluding carboxylic acids is 2. The van der Waals surface area contributed by atoms with E-state index in [0.29, 0.717) is 13.1 Å². The average molecular weight is 344 g/mol. The van der Waals surface area contributed by atoms with Crippen LogP contribution in [0.5, 0.6) is 5.75 Å². The molecule has 0 radical (unpaired) electrons. The van der Waals surface area contributed by atoms with Gasteiger partial charge in [0.2, 0.25) is 11.8 Å². The van der Waals surface area contributed by atoms with Crippen molar-refractivity contribution < 1.29 is 14.3 Å². The maximum atomic E-state index is 12.2. The molecule has 2 amide bonds. The van der Waals surface area contributed by atoms with Gasteiger partial charge in [-0.2, -0.15) is 0 Å². The van der Waals surface area contributed by atoms with Gasteiger partial charge in [0, 0.05) is 24.9 Å². The Labute approximate surface area is 149 Å². The van der Waals surface area contributed by atoms with Gasteiger partial charge < -0.3 is 15.4 Å². The number of methoxy groups -OCH3 is 1. The molecule has 0 bridgehead atoms. The Bertz CT molecular complexity index is 611. The fraction of sp³-hybridized carbons (Fsp3) is 0.600. The lowest BCUT2D eigenvalue weighted by Gasteiger charge is -2.20. The van der Waals surface area contributed by atoms with Crippen molar-refractivity contribution >= 4 is 11.8 Å². The SMILES string of the molecule is COc1cccc([C@@H]2C[C@@H]2C(=O)NCCNC(=O)C2CCCCC2)c1. The summed E-state index contributed by atoms with van der Waals surface area (Å²) < 4.78 is 5.24. The van der Waals surface area contributed by atoms with Gasteiger partial charge in [0.15, 0.2) is 0 Å². The molecule has 2 fully saturated rings. The van der Waals surface area contributed by atoms with E-state index in [1.54, 1.807) is 7.11 Å². The molecule has 1 aromatic rings. The summed E-state index contributed by atoms with van der Waals surface area (Å²) in [5.74, 6) is 1.56. The van der Waals surface area contributed by atoms with Crippen LogP contribution in [0, 0.1) is 11.8 Å². The topological polar surface area (TPSA) is 67.4 Å². The maximum absolute atomic E-state index is 12.2. The zero-order valence-corrected chi connectivity index (χ0v) is 14.9. The highest BCUT2D eigenvalue weighted by Crippen LogP contribution is 2.48. The quantitative estimate of drug-likeness (QED) is 0.747. The lowest BCUT2D eigenvalue weighted by atomic mass is 9.89. The van der Waals surface area contributed by atoms with Crippen LogP contribution in [-0.4, -0.2) is 32.0 Å². The number of ether oxygens (including phenoxy) is 1. The number of carbonyl (C=O) groups is 2. The summed E-state index contributed by atoms with van der Waals surface area (Å²) in [6, 6.07) is 7.92. The van der Waals surface area contributed by atoms with Gasteiger partial charge >= 0.3 is 0 Å². The van der Waals surface area contributed by atoms with Crippen molar-refractivity contribution in [1.82, 2.24) is 10.6 Å². The molecular formula is C20H28N2O3. The second-order valence-electron chi connectivity index (χ2n) is 7.14. The second-order valence-corrected chi connectivity index (χ2v) is 7.14. The van der Waals surface area contributed by atoms with Crippen LogP contribution in [0.1, 0.15) is 50.0 Å². The largest absolute Gasteiger partial charge is 0.497 e. The molecule has 2 saturated carbocycles. The average Bonchev–Trinajstić information content (AvgIpc) is 3.46. The van der Waals surface area contributed by atoms with E-state index in [1.165, 1.54) is 6.42 Å². The lowest BCUT2D eigenvalue weighted by Crippen LogP contribution is -2.38. The molecule has 136 valence electrons. The van der Waals surface area contributed by atoms with E-state index in [2.05, 4.69) is 10.6 Å². The summed E-state index contributed by atoms with van der Waals surface area (Å²) in [6.45, 7) is 1.01. The zero-order chi connectivity index (χ0) is 17.6. The van der Waals surface area contributed by atoms with E-state index >= 15 is 0 Å². The van der Waals surface area contributed by atoms with Crippen molar-refractivity contribution in [2.45, 2.75) is 44.4 Å². The highest BCUT2D eigenvalue weighted by Gasteiger charge is 2.43. The summed E-state index contributed by atoms with van der Waals surface area (Å²) in [6.07, 6.45) is 6.44. The number of nitrogens with one attached hydrogen (secondary N) is 2. The highest BCUT2D eigenvalue weighted by molar-refractivity contribution is 5.83. The third kappa shape index (κ3) is 4.74. The first-order valence-corrected chi connectivity index (χ1v) is 9.38. The summed E-state index contributed by atoms with van der Waals surface area (Å²) in [5, 5.41) is 5.90. The Kier molecular flexibility index (Phi) is 5.95. The zero-order valence-electron chi connectivity index (χ0n) is 14.9. The molecule has 2 aliphatic carbocycles. The Morgan fingerprint density at radius 3 is 2.52 bits per heavy atom. The number of benzene rings is 1. The molecule has 2 aliphatic rings. The minimum atomic E-state index is 0.0427. The summed E-state index contributed by atoms with van der Waals surface area (Å²) >= 11 is 0. The fourth-order valence-corrected chi connectivity index (χ4v) is 3.74. The Morgan fingerprint density at radius 1 is 1.08 bits per heavy atom. The monoisotopic (exact) mass is 344 g/mol. The minimum Gasteiger partial charge on any atom is -0.497 e. The van der Waals surface area contributed by atoms with Crippen LogP contribution < -0.4 is 15.4 Å². The van der Waals surface area contributed by atoms with Crippen molar-refractivity contribution in [3.8, 4) is 5.75 Å². The van der Waals surface area contributed by atoms with Gasteiger partial charge in [-0.15, -0.1) is 0 Å². The van der Waals surface area contributed by atoms with Crippen LogP contribution in [0.25, 0.3) is 0 Å². The Balaban J connectivity index is 1.35. The number of hydrogen-bond donors (Lipinski definition) is 2. The molecular weight excluding hydrogens is 316 g/mol. The predicted molar refractivity (Wildman–Crippen MR) is 96.4 cm³/mol. The van der Waals surface area contributed by atoms with Gasteiger partial charge in [-0.25, -0.2) is 0 Å². The van der Waals surface area contributed by atoms with E-state index in [9.17, 15) is 9.59 Å². The molecule has 5 nitrogen and oxygen atoms in total. The van der Waals surface area contributed by atoms with Gasteiger partial charge in [-0.1, -0.05) is 31.4 Å². The van der Waals surface area contributed by atoms with Gasteiger partial charge in [0.05, 0.1) is 7.11 Å². The first-order chi connectivity index (χ1) is 12.2. The van der Waals surface area contributed by atoms with Gasteiger partial charge in [-0.05, 0) is 42.9 Å². The fourth-order valence-electron chi connectivity index (χ4n) is 3.74. The van der Waals surface area contributed by atoms with Crippen LogP contribution in [-0.2, 0) is 9.59 Å². The van der Waals surface area contributed by atoms with E-state index in [-0.39, 0.29) is 29.6 Å². The molecule has 5 heteroatoms. The number of rotatable bonds is 7. The molecule has 0 aliphatic heterocycles. The van der Waals surface area contributed by atoms with Crippen LogP contribution in [0.4, 0.5) is 0 Å². The third-order valence-electron chi connectivity index (χ3n) is 5.35. The molecule has 0 spiro atoms. The first-order valence-electron chi connectivity index (χ1n) is 9.38. The van der Waals surface area contributed by atoms with Crippen molar-refractivity contribution in [2.24, 2.45) is 11.8 Å². The molecule has 0 unspecified atom stereocenters.